The number of esters is 1. The van der Waals surface area contributed by atoms with Gasteiger partial charge in [-0.3, -0.25) is 10.1 Å². The minimum absolute atomic E-state index is 0.147. The fourth-order valence-electron chi connectivity index (χ4n) is 1.10. The number of nitrogens with zero attached hydrogens (tertiary/aromatic N) is 1. The maximum absolute atomic E-state index is 13.2. The molecule has 0 heterocycles. The second kappa shape index (κ2) is 5.06. The van der Waals surface area contributed by atoms with E-state index in [9.17, 15) is 19.3 Å². The van der Waals surface area contributed by atoms with Crippen molar-refractivity contribution >= 4 is 23.4 Å². The standard InChI is InChI=1S/C10H9FN2O4/c1-17-9(14)3-2-6-4-7(11)10(12)8(5-6)13(15)16/h2-5H,12H2,1H3. The lowest BCUT2D eigenvalue weighted by atomic mass is 10.1. The van der Waals surface area contributed by atoms with Crippen molar-refractivity contribution in [3.05, 3.63) is 39.7 Å². The van der Waals surface area contributed by atoms with Gasteiger partial charge < -0.3 is 10.5 Å². The topological polar surface area (TPSA) is 95.5 Å². The van der Waals surface area contributed by atoms with E-state index < -0.39 is 28.1 Å². The molecule has 0 fully saturated rings. The van der Waals surface area contributed by atoms with Crippen LogP contribution in [-0.4, -0.2) is 18.0 Å². The monoisotopic (exact) mass is 240 g/mol. The van der Waals surface area contributed by atoms with Crippen molar-refractivity contribution in [3.63, 3.8) is 0 Å². The maximum Gasteiger partial charge on any atom is 0.330 e. The number of benzene rings is 1. The van der Waals surface area contributed by atoms with Gasteiger partial charge in [-0.2, -0.15) is 0 Å². The van der Waals surface area contributed by atoms with E-state index in [1.165, 1.54) is 13.2 Å². The molecule has 0 amide bonds. The highest BCUT2D eigenvalue weighted by Crippen LogP contribution is 2.26. The summed E-state index contributed by atoms with van der Waals surface area (Å²) in [5, 5.41) is 10.6. The Kier molecular flexibility index (Phi) is 3.76. The quantitative estimate of drug-likeness (QED) is 0.284. The average Bonchev–Trinajstić information content (AvgIpc) is 2.29. The number of ether oxygens (including phenoxy) is 1. The van der Waals surface area contributed by atoms with Crippen molar-refractivity contribution in [2.75, 3.05) is 12.8 Å². The van der Waals surface area contributed by atoms with Crippen LogP contribution >= 0.6 is 0 Å². The molecule has 1 aromatic rings. The first kappa shape index (κ1) is 12.6. The average molecular weight is 240 g/mol. The molecule has 0 aliphatic carbocycles. The van der Waals surface area contributed by atoms with Crippen LogP contribution in [-0.2, 0) is 9.53 Å². The zero-order valence-corrected chi connectivity index (χ0v) is 8.84. The minimum atomic E-state index is -0.913. The molecule has 0 aromatic heterocycles. The Morgan fingerprint density at radius 2 is 2.24 bits per heavy atom. The van der Waals surface area contributed by atoms with Crippen LogP contribution in [0.3, 0.4) is 0 Å². The van der Waals surface area contributed by atoms with Gasteiger partial charge in [-0.05, 0) is 17.7 Å². The van der Waals surface area contributed by atoms with Crippen LogP contribution in [0.15, 0.2) is 18.2 Å². The van der Waals surface area contributed by atoms with E-state index in [1.807, 2.05) is 0 Å². The number of hydrogen-bond donors (Lipinski definition) is 1. The Balaban J connectivity index is 3.15. The largest absolute Gasteiger partial charge is 0.466 e. The number of nitro benzene ring substituents is 1. The third-order valence-electron chi connectivity index (χ3n) is 1.94. The smallest absolute Gasteiger partial charge is 0.330 e. The van der Waals surface area contributed by atoms with Crippen LogP contribution < -0.4 is 5.73 Å². The lowest BCUT2D eigenvalue weighted by Crippen LogP contribution is -1.99. The molecule has 0 radical (unpaired) electrons. The number of hydrogen-bond acceptors (Lipinski definition) is 5. The number of nitrogen functional groups attached to an aromatic ring is 1. The summed E-state index contributed by atoms with van der Waals surface area (Å²) in [6, 6.07) is 2.06. The van der Waals surface area contributed by atoms with Gasteiger partial charge in [-0.1, -0.05) is 0 Å². The van der Waals surface area contributed by atoms with Gasteiger partial charge in [-0.25, -0.2) is 9.18 Å². The summed E-state index contributed by atoms with van der Waals surface area (Å²) in [6.07, 6.45) is 2.22. The number of carbonyl (C=O) groups excluding carboxylic acids is 1. The predicted octanol–water partition coefficient (Wildman–Crippen LogP) is 1.50. The van der Waals surface area contributed by atoms with Crippen molar-refractivity contribution in [3.8, 4) is 0 Å². The maximum atomic E-state index is 13.2. The van der Waals surface area contributed by atoms with E-state index >= 15 is 0 Å². The SMILES string of the molecule is COC(=O)C=Cc1cc(F)c(N)c([N+](=O)[O-])c1. The normalized spacial score (nSPS) is 10.5. The number of anilines is 1. The van der Waals surface area contributed by atoms with E-state index in [4.69, 9.17) is 5.73 Å². The molecule has 0 spiro atoms. The lowest BCUT2D eigenvalue weighted by molar-refractivity contribution is -0.384. The van der Waals surface area contributed by atoms with Gasteiger partial charge in [-0.15, -0.1) is 0 Å². The Labute approximate surface area is 95.6 Å². The van der Waals surface area contributed by atoms with Gasteiger partial charge in [0.1, 0.15) is 5.69 Å². The number of halogens is 1. The van der Waals surface area contributed by atoms with Gasteiger partial charge in [0.15, 0.2) is 5.82 Å². The lowest BCUT2D eigenvalue weighted by Gasteiger charge is -2.00. The molecule has 0 atom stereocenters. The highest BCUT2D eigenvalue weighted by atomic mass is 19.1. The van der Waals surface area contributed by atoms with Crippen LogP contribution in [0.5, 0.6) is 0 Å². The van der Waals surface area contributed by atoms with Gasteiger partial charge in [0.05, 0.1) is 12.0 Å². The second-order valence-electron chi connectivity index (χ2n) is 3.05. The van der Waals surface area contributed by atoms with Crippen molar-refractivity contribution in [1.29, 1.82) is 0 Å². The van der Waals surface area contributed by atoms with Crippen LogP contribution in [0, 0.1) is 15.9 Å². The Hall–Kier alpha value is -2.44. The Morgan fingerprint density at radius 1 is 1.59 bits per heavy atom. The third kappa shape index (κ3) is 3.00. The van der Waals surface area contributed by atoms with Gasteiger partial charge in [0.2, 0.25) is 0 Å². The fourth-order valence-corrected chi connectivity index (χ4v) is 1.10. The molecule has 0 saturated heterocycles. The van der Waals surface area contributed by atoms with Crippen molar-refractivity contribution in [1.82, 2.24) is 0 Å². The molecule has 90 valence electrons. The van der Waals surface area contributed by atoms with Crippen LogP contribution in [0.2, 0.25) is 0 Å². The summed E-state index contributed by atoms with van der Waals surface area (Å²) in [7, 11) is 1.18. The molecule has 0 bridgehead atoms. The van der Waals surface area contributed by atoms with Crippen molar-refractivity contribution in [2.45, 2.75) is 0 Å². The third-order valence-corrected chi connectivity index (χ3v) is 1.94. The van der Waals surface area contributed by atoms with E-state index in [2.05, 4.69) is 4.74 Å². The van der Waals surface area contributed by atoms with Crippen LogP contribution in [0.4, 0.5) is 15.8 Å². The number of nitro groups is 1. The second-order valence-corrected chi connectivity index (χ2v) is 3.05. The van der Waals surface area contributed by atoms with Crippen LogP contribution in [0.25, 0.3) is 6.08 Å². The van der Waals surface area contributed by atoms with Gasteiger partial charge >= 0.3 is 5.97 Å². The molecule has 0 unspecified atom stereocenters. The van der Waals surface area contributed by atoms with E-state index in [0.29, 0.717) is 0 Å². The van der Waals surface area contributed by atoms with Crippen molar-refractivity contribution in [2.24, 2.45) is 0 Å². The molecular weight excluding hydrogens is 231 g/mol. The fraction of sp³-hybridized carbons (Fsp3) is 0.100. The molecule has 7 heteroatoms. The molecule has 6 nitrogen and oxygen atoms in total. The molecule has 0 saturated carbocycles. The minimum Gasteiger partial charge on any atom is -0.466 e. The Morgan fingerprint density at radius 3 is 2.76 bits per heavy atom. The number of carbonyl (C=O) groups is 1. The first-order valence-electron chi connectivity index (χ1n) is 4.45. The van der Waals surface area contributed by atoms with Gasteiger partial charge in [0, 0.05) is 12.1 Å². The summed E-state index contributed by atoms with van der Waals surface area (Å²) < 4.78 is 17.6. The zero-order valence-electron chi connectivity index (χ0n) is 8.84. The molecule has 2 N–H and O–H groups in total. The van der Waals surface area contributed by atoms with E-state index in [-0.39, 0.29) is 5.56 Å². The number of nitrogens with two attached hydrogens (primary N) is 1. The molecule has 17 heavy (non-hydrogen) atoms. The van der Waals surface area contributed by atoms with Gasteiger partial charge in [0.25, 0.3) is 5.69 Å². The molecule has 1 aromatic carbocycles. The predicted molar refractivity (Wildman–Crippen MR) is 58.5 cm³/mol. The summed E-state index contributed by atoms with van der Waals surface area (Å²) in [6.45, 7) is 0. The summed E-state index contributed by atoms with van der Waals surface area (Å²) >= 11 is 0. The summed E-state index contributed by atoms with van der Waals surface area (Å²) in [5.41, 5.74) is 4.27. The zero-order chi connectivity index (χ0) is 13.0. The molecule has 1 rings (SSSR count). The van der Waals surface area contributed by atoms with Crippen molar-refractivity contribution < 1.29 is 18.8 Å². The summed E-state index contributed by atoms with van der Waals surface area (Å²) in [4.78, 5) is 20.6. The first-order valence-corrected chi connectivity index (χ1v) is 4.45. The number of rotatable bonds is 3. The first-order chi connectivity index (χ1) is 7.95. The summed E-state index contributed by atoms with van der Waals surface area (Å²) in [5.74, 6) is -1.56. The van der Waals surface area contributed by atoms with E-state index in [1.54, 1.807) is 0 Å². The molecule has 0 aliphatic rings. The van der Waals surface area contributed by atoms with E-state index in [0.717, 1.165) is 18.2 Å². The highest BCUT2D eigenvalue weighted by Gasteiger charge is 2.16. The number of methoxy groups -OCH3 is 1. The highest BCUT2D eigenvalue weighted by molar-refractivity contribution is 5.87. The Bertz CT molecular complexity index is 499. The van der Waals surface area contributed by atoms with Crippen LogP contribution in [0.1, 0.15) is 5.56 Å². The molecule has 0 aliphatic heterocycles. The molecular formula is C10H9FN2O4.